The number of ether oxygens (including phenoxy) is 2. The van der Waals surface area contributed by atoms with Crippen molar-refractivity contribution in [2.45, 2.75) is 25.7 Å². The van der Waals surface area contributed by atoms with Crippen molar-refractivity contribution in [3.05, 3.63) is 93.8 Å². The van der Waals surface area contributed by atoms with E-state index in [-0.39, 0.29) is 5.82 Å². The largest absolute Gasteiger partial charge is 0.496 e. The zero-order valence-corrected chi connectivity index (χ0v) is 21.4. The van der Waals surface area contributed by atoms with Crippen LogP contribution in [0.25, 0.3) is 0 Å². The van der Waals surface area contributed by atoms with Gasteiger partial charge in [0.1, 0.15) is 29.0 Å². The molecule has 0 unspecified atom stereocenters. The van der Waals surface area contributed by atoms with Gasteiger partial charge in [-0.15, -0.1) is 0 Å². The van der Waals surface area contributed by atoms with Gasteiger partial charge in [-0.1, -0.05) is 42.5 Å². The fourth-order valence-corrected chi connectivity index (χ4v) is 4.94. The predicted octanol–water partition coefficient (Wildman–Crippen LogP) is 4.11. The highest BCUT2D eigenvalue weighted by Crippen LogP contribution is 2.26. The van der Waals surface area contributed by atoms with Crippen molar-refractivity contribution in [3.63, 3.8) is 0 Å². The van der Waals surface area contributed by atoms with Gasteiger partial charge in [0, 0.05) is 24.2 Å². The Kier molecular flexibility index (Phi) is 7.68. The summed E-state index contributed by atoms with van der Waals surface area (Å²) >= 11 is 0. The van der Waals surface area contributed by atoms with Crippen LogP contribution >= 0.6 is 0 Å². The molecule has 0 saturated heterocycles. The van der Waals surface area contributed by atoms with Crippen LogP contribution in [0.15, 0.2) is 64.6 Å². The molecular weight excluding hydrogens is 467 g/mol. The molecule has 0 amide bonds. The molecule has 3 aromatic rings. The molecule has 0 spiro atoms. The third-order valence-corrected chi connectivity index (χ3v) is 6.96. The van der Waals surface area contributed by atoms with Crippen molar-refractivity contribution in [1.29, 1.82) is 0 Å². The first kappa shape index (κ1) is 24.8. The lowest BCUT2D eigenvalue weighted by molar-refractivity contribution is 0.409. The van der Waals surface area contributed by atoms with Gasteiger partial charge >= 0.3 is 0 Å². The smallest absolute Gasteiger partial charge is 0.129 e. The Morgan fingerprint density at radius 1 is 0.676 bits per heavy atom. The average Bonchev–Trinajstić information content (AvgIpc) is 3.67. The van der Waals surface area contributed by atoms with Gasteiger partial charge in [0.15, 0.2) is 0 Å². The number of aryl methyl sites for hydroxylation is 4. The Bertz CT molecular complexity index is 1240. The molecule has 2 N–H and O–H groups in total. The molecule has 0 fully saturated rings. The maximum absolute atomic E-state index is 15.5. The van der Waals surface area contributed by atoms with E-state index >= 15 is 4.39 Å². The van der Waals surface area contributed by atoms with Crippen molar-refractivity contribution >= 4 is 11.7 Å². The zero-order valence-electron chi connectivity index (χ0n) is 21.4. The number of hydrogen-bond acceptors (Lipinski definition) is 6. The van der Waals surface area contributed by atoms with Crippen LogP contribution in [0.3, 0.4) is 0 Å². The molecule has 2 heterocycles. The van der Waals surface area contributed by atoms with Crippen molar-refractivity contribution in [2.24, 2.45) is 9.98 Å². The second-order valence-electron chi connectivity index (χ2n) is 9.26. The van der Waals surface area contributed by atoms with Crippen molar-refractivity contribution in [1.82, 2.24) is 10.6 Å². The van der Waals surface area contributed by atoms with Crippen LogP contribution in [0.4, 0.5) is 4.39 Å². The second-order valence-corrected chi connectivity index (χ2v) is 9.26. The minimum Gasteiger partial charge on any atom is -0.496 e. The molecule has 5 rings (SSSR count). The maximum Gasteiger partial charge on any atom is 0.129 e. The average molecular weight is 501 g/mol. The van der Waals surface area contributed by atoms with E-state index in [0.29, 0.717) is 25.7 Å². The molecule has 2 aliphatic rings. The summed E-state index contributed by atoms with van der Waals surface area (Å²) in [5.41, 5.74) is 5.59. The van der Waals surface area contributed by atoms with Crippen molar-refractivity contribution in [2.75, 3.05) is 40.4 Å². The fourth-order valence-electron chi connectivity index (χ4n) is 4.94. The minimum atomic E-state index is -0.123. The maximum atomic E-state index is 15.5. The number of methoxy groups -OCH3 is 2. The van der Waals surface area contributed by atoms with Crippen LogP contribution in [-0.2, 0) is 25.7 Å². The molecule has 7 heteroatoms. The van der Waals surface area contributed by atoms with Crippen LogP contribution in [0.1, 0.15) is 33.4 Å². The molecule has 2 aliphatic heterocycles. The second kappa shape index (κ2) is 11.5. The van der Waals surface area contributed by atoms with Gasteiger partial charge in [0.25, 0.3) is 0 Å². The highest BCUT2D eigenvalue weighted by Gasteiger charge is 2.15. The van der Waals surface area contributed by atoms with E-state index in [0.717, 1.165) is 82.7 Å². The van der Waals surface area contributed by atoms with Crippen LogP contribution in [0.5, 0.6) is 11.5 Å². The Hall–Kier alpha value is -3.87. The number of rotatable bonds is 10. The summed E-state index contributed by atoms with van der Waals surface area (Å²) < 4.78 is 26.7. The van der Waals surface area contributed by atoms with Crippen LogP contribution in [-0.4, -0.2) is 52.1 Å². The molecule has 0 aromatic heterocycles. The van der Waals surface area contributed by atoms with Gasteiger partial charge in [-0.25, -0.2) is 4.39 Å². The standard InChI is InChI=1S/C30H33FN4O2/c1-36-26-18-24(29-32-14-15-33-29)12-8-20(26)6-10-22-4-3-5-23(28(22)31)11-7-21-9-13-25(19-27(21)37-2)30-34-16-17-35-30/h3-5,8-9,12-13,18-19H,6-7,10-11,14-17H2,1-2H3,(H,32,33)(H,34,35). The number of amidine groups is 2. The van der Waals surface area contributed by atoms with E-state index < -0.39 is 0 Å². The Labute approximate surface area is 217 Å². The first-order valence-corrected chi connectivity index (χ1v) is 12.8. The third kappa shape index (κ3) is 5.61. The molecule has 6 nitrogen and oxygen atoms in total. The summed E-state index contributed by atoms with van der Waals surface area (Å²) in [5, 5.41) is 6.58. The van der Waals surface area contributed by atoms with Crippen molar-refractivity contribution in [3.8, 4) is 11.5 Å². The quantitative estimate of drug-likeness (QED) is 0.440. The van der Waals surface area contributed by atoms with Gasteiger partial charge in [-0.3, -0.25) is 9.98 Å². The van der Waals surface area contributed by atoms with Gasteiger partial charge in [-0.05, 0) is 60.1 Å². The van der Waals surface area contributed by atoms with E-state index in [1.165, 1.54) is 0 Å². The van der Waals surface area contributed by atoms with Gasteiger partial charge in [0.05, 0.1) is 27.3 Å². The van der Waals surface area contributed by atoms with E-state index in [9.17, 15) is 0 Å². The van der Waals surface area contributed by atoms with E-state index in [2.05, 4.69) is 44.9 Å². The molecule has 192 valence electrons. The SMILES string of the molecule is COc1cc(C2=NCCN2)ccc1CCc1cccc(CCc2ccc(C3=NCCN3)cc2OC)c1F. The topological polar surface area (TPSA) is 67.2 Å². The van der Waals surface area contributed by atoms with E-state index in [1.807, 2.05) is 30.3 Å². The summed E-state index contributed by atoms with van der Waals surface area (Å²) in [6.07, 6.45) is 2.58. The summed E-state index contributed by atoms with van der Waals surface area (Å²) in [6, 6.07) is 17.9. The Morgan fingerprint density at radius 3 is 1.54 bits per heavy atom. The number of nitrogens with one attached hydrogen (secondary N) is 2. The number of benzene rings is 3. The molecule has 0 atom stereocenters. The lowest BCUT2D eigenvalue weighted by atomic mass is 9.97. The predicted molar refractivity (Wildman–Crippen MR) is 146 cm³/mol. The van der Waals surface area contributed by atoms with Crippen LogP contribution < -0.4 is 20.1 Å². The van der Waals surface area contributed by atoms with Gasteiger partial charge in [0.2, 0.25) is 0 Å². The number of aliphatic imine (C=N–C) groups is 2. The molecule has 0 aliphatic carbocycles. The highest BCUT2D eigenvalue weighted by molar-refractivity contribution is 6.00. The lowest BCUT2D eigenvalue weighted by Gasteiger charge is -2.14. The monoisotopic (exact) mass is 500 g/mol. The van der Waals surface area contributed by atoms with Crippen LogP contribution in [0.2, 0.25) is 0 Å². The molecule has 3 aromatic carbocycles. The van der Waals surface area contributed by atoms with Gasteiger partial charge < -0.3 is 20.1 Å². The lowest BCUT2D eigenvalue weighted by Crippen LogP contribution is -2.19. The molecule has 0 radical (unpaired) electrons. The first-order chi connectivity index (χ1) is 18.2. The normalized spacial score (nSPS) is 14.6. The van der Waals surface area contributed by atoms with E-state index in [1.54, 1.807) is 14.2 Å². The summed E-state index contributed by atoms with van der Waals surface area (Å²) in [5.74, 6) is 3.29. The number of halogens is 1. The Balaban J connectivity index is 1.26. The Morgan fingerprint density at radius 2 is 1.14 bits per heavy atom. The molecule has 0 bridgehead atoms. The zero-order chi connectivity index (χ0) is 25.6. The first-order valence-electron chi connectivity index (χ1n) is 12.8. The number of nitrogens with zero attached hydrogens (tertiary/aromatic N) is 2. The fraction of sp³-hybridized carbons (Fsp3) is 0.333. The minimum absolute atomic E-state index is 0.123. The number of hydrogen-bond donors (Lipinski definition) is 2. The van der Waals surface area contributed by atoms with Crippen molar-refractivity contribution < 1.29 is 13.9 Å². The third-order valence-electron chi connectivity index (χ3n) is 6.96. The molecule has 0 saturated carbocycles. The summed E-state index contributed by atoms with van der Waals surface area (Å²) in [7, 11) is 3.35. The van der Waals surface area contributed by atoms with Gasteiger partial charge in [-0.2, -0.15) is 0 Å². The van der Waals surface area contributed by atoms with Crippen LogP contribution in [0, 0.1) is 5.82 Å². The summed E-state index contributed by atoms with van der Waals surface area (Å²) in [4.78, 5) is 8.97. The molecular formula is C30H33FN4O2. The van der Waals surface area contributed by atoms with E-state index in [4.69, 9.17) is 9.47 Å². The highest BCUT2D eigenvalue weighted by atomic mass is 19.1. The summed E-state index contributed by atoms with van der Waals surface area (Å²) in [6.45, 7) is 3.31. The molecule has 37 heavy (non-hydrogen) atoms.